The van der Waals surface area contributed by atoms with Gasteiger partial charge in [-0.15, -0.1) is 0 Å². The van der Waals surface area contributed by atoms with E-state index in [9.17, 15) is 4.79 Å². The van der Waals surface area contributed by atoms with Gasteiger partial charge in [-0.05, 0) is 80.4 Å². The Balaban J connectivity index is 1.89. The number of benzene rings is 1. The highest BCUT2D eigenvalue weighted by Crippen LogP contribution is 2.29. The van der Waals surface area contributed by atoms with Crippen molar-refractivity contribution >= 4 is 34.6 Å². The van der Waals surface area contributed by atoms with E-state index in [4.69, 9.17) is 0 Å². The molecule has 1 aliphatic rings. The molecule has 124 valence electrons. The zero-order valence-corrected chi connectivity index (χ0v) is 15.4. The third-order valence-electron chi connectivity index (χ3n) is 4.19. The van der Waals surface area contributed by atoms with Crippen molar-refractivity contribution in [1.29, 1.82) is 0 Å². The molecule has 24 heavy (non-hydrogen) atoms. The van der Waals surface area contributed by atoms with Gasteiger partial charge in [-0.1, -0.05) is 6.07 Å². The number of aromatic nitrogens is 1. The molecule has 0 atom stereocenters. The Hall–Kier alpha value is -2.27. The summed E-state index contributed by atoms with van der Waals surface area (Å²) in [5, 5.41) is 3.48. The lowest BCUT2D eigenvalue weighted by Crippen LogP contribution is -2.19. The van der Waals surface area contributed by atoms with Gasteiger partial charge in [0.25, 0.3) is 5.91 Å². The molecule has 0 unspecified atom stereocenters. The van der Waals surface area contributed by atoms with Gasteiger partial charge in [0.05, 0.1) is 10.6 Å². The lowest BCUT2D eigenvalue weighted by Gasteiger charge is -2.00. The fourth-order valence-corrected chi connectivity index (χ4v) is 3.62. The van der Waals surface area contributed by atoms with E-state index in [0.29, 0.717) is 10.1 Å². The quantitative estimate of drug-likeness (QED) is 0.836. The fraction of sp³-hybridized carbons (Fsp3) is 0.263. The predicted molar refractivity (Wildman–Crippen MR) is 102 cm³/mol. The minimum Gasteiger partial charge on any atom is -0.352 e. The first-order valence-electron chi connectivity index (χ1n) is 7.84. The van der Waals surface area contributed by atoms with Crippen LogP contribution in [0.15, 0.2) is 34.2 Å². The average Bonchev–Trinajstić information content (AvgIpc) is 2.93. The third-order valence-corrected chi connectivity index (χ3v) is 5.10. The number of aliphatic imine (C=N–C) groups is 1. The van der Waals surface area contributed by atoms with Crippen LogP contribution in [0.1, 0.15) is 28.1 Å². The molecule has 1 aromatic heterocycles. The molecule has 0 spiro atoms. The fourth-order valence-electron chi connectivity index (χ4n) is 2.78. The van der Waals surface area contributed by atoms with Gasteiger partial charge in [-0.25, -0.2) is 4.99 Å². The summed E-state index contributed by atoms with van der Waals surface area (Å²) in [5.74, 6) is -0.0935. The van der Waals surface area contributed by atoms with Crippen molar-refractivity contribution in [2.45, 2.75) is 27.7 Å². The topological polar surface area (TPSA) is 46.4 Å². The van der Waals surface area contributed by atoms with Gasteiger partial charge in [0, 0.05) is 18.4 Å². The van der Waals surface area contributed by atoms with Gasteiger partial charge < -0.3 is 9.88 Å². The summed E-state index contributed by atoms with van der Waals surface area (Å²) in [7, 11) is 2.03. The van der Waals surface area contributed by atoms with E-state index >= 15 is 0 Å². The number of carbonyl (C=O) groups is 1. The molecular formula is C19H21N3OS. The first-order chi connectivity index (χ1) is 11.3. The SMILES string of the molecule is Cc1cc(C)cc(N=C2NC(=O)/C(=C/c3cc(C)n(C)c3C)S2)c1. The molecule has 0 bridgehead atoms. The number of carbonyl (C=O) groups excluding carboxylic acids is 1. The van der Waals surface area contributed by atoms with Gasteiger partial charge in [0.1, 0.15) is 0 Å². The average molecular weight is 339 g/mol. The smallest absolute Gasteiger partial charge is 0.264 e. The lowest BCUT2D eigenvalue weighted by atomic mass is 10.1. The van der Waals surface area contributed by atoms with Crippen LogP contribution in [0.2, 0.25) is 0 Å². The molecule has 1 fully saturated rings. The molecule has 1 aliphatic heterocycles. The number of amides is 1. The summed E-state index contributed by atoms with van der Waals surface area (Å²) in [6.07, 6.45) is 1.94. The Labute approximate surface area is 146 Å². The highest BCUT2D eigenvalue weighted by atomic mass is 32.2. The van der Waals surface area contributed by atoms with Crippen LogP contribution in [0.25, 0.3) is 6.08 Å². The van der Waals surface area contributed by atoms with Crippen LogP contribution >= 0.6 is 11.8 Å². The highest BCUT2D eigenvalue weighted by molar-refractivity contribution is 8.18. The van der Waals surface area contributed by atoms with Gasteiger partial charge in [0.2, 0.25) is 0 Å². The lowest BCUT2D eigenvalue weighted by molar-refractivity contribution is -0.115. The molecule has 2 aromatic rings. The number of rotatable bonds is 2. The Morgan fingerprint density at radius 3 is 2.33 bits per heavy atom. The molecule has 1 saturated heterocycles. The van der Waals surface area contributed by atoms with E-state index in [-0.39, 0.29) is 5.91 Å². The second kappa shape index (κ2) is 6.32. The first kappa shape index (κ1) is 16.6. The second-order valence-corrected chi connectivity index (χ2v) is 7.24. The van der Waals surface area contributed by atoms with Crippen molar-refractivity contribution in [2.24, 2.45) is 12.0 Å². The van der Waals surface area contributed by atoms with Crippen LogP contribution in [0, 0.1) is 27.7 Å². The molecule has 1 amide bonds. The molecule has 1 aromatic carbocycles. The van der Waals surface area contributed by atoms with Crippen molar-refractivity contribution in [3.05, 3.63) is 57.2 Å². The predicted octanol–water partition coefficient (Wildman–Crippen LogP) is 4.15. The number of nitrogens with one attached hydrogen (secondary N) is 1. The van der Waals surface area contributed by atoms with Crippen LogP contribution < -0.4 is 5.32 Å². The van der Waals surface area contributed by atoms with Crippen LogP contribution in [-0.2, 0) is 11.8 Å². The van der Waals surface area contributed by atoms with Gasteiger partial charge in [-0.2, -0.15) is 0 Å². The summed E-state index contributed by atoms with van der Waals surface area (Å²) in [4.78, 5) is 17.5. The Bertz CT molecular complexity index is 870. The van der Waals surface area contributed by atoms with E-state index in [2.05, 4.69) is 40.9 Å². The number of amidine groups is 1. The third kappa shape index (κ3) is 3.31. The summed E-state index contributed by atoms with van der Waals surface area (Å²) in [6, 6.07) is 8.23. The zero-order valence-electron chi connectivity index (χ0n) is 14.6. The van der Waals surface area contributed by atoms with Crippen LogP contribution in [0.4, 0.5) is 5.69 Å². The second-order valence-electron chi connectivity index (χ2n) is 6.21. The molecule has 0 aliphatic carbocycles. The molecule has 2 heterocycles. The maximum absolute atomic E-state index is 12.2. The minimum atomic E-state index is -0.0935. The Morgan fingerprint density at radius 1 is 1.08 bits per heavy atom. The largest absolute Gasteiger partial charge is 0.352 e. The zero-order chi connectivity index (χ0) is 17.4. The van der Waals surface area contributed by atoms with E-state index < -0.39 is 0 Å². The molecule has 4 nitrogen and oxygen atoms in total. The normalized spacial score (nSPS) is 17.8. The summed E-state index contributed by atoms with van der Waals surface area (Å²) in [5.41, 5.74) is 6.58. The molecule has 0 saturated carbocycles. The van der Waals surface area contributed by atoms with Crippen LogP contribution in [0.5, 0.6) is 0 Å². The Morgan fingerprint density at radius 2 is 1.75 bits per heavy atom. The molecular weight excluding hydrogens is 318 g/mol. The number of hydrogen-bond donors (Lipinski definition) is 1. The number of nitrogens with zero attached hydrogens (tertiary/aromatic N) is 2. The number of hydrogen-bond acceptors (Lipinski definition) is 3. The van der Waals surface area contributed by atoms with Gasteiger partial charge in [-0.3, -0.25) is 4.79 Å². The maximum Gasteiger partial charge on any atom is 0.264 e. The van der Waals surface area contributed by atoms with Crippen molar-refractivity contribution in [3.8, 4) is 0 Å². The minimum absolute atomic E-state index is 0.0935. The van der Waals surface area contributed by atoms with Gasteiger partial charge in [0.15, 0.2) is 5.17 Å². The molecule has 3 rings (SSSR count). The van der Waals surface area contributed by atoms with Crippen molar-refractivity contribution in [3.63, 3.8) is 0 Å². The molecule has 0 radical (unpaired) electrons. The maximum atomic E-state index is 12.2. The van der Waals surface area contributed by atoms with E-state index in [1.165, 1.54) is 17.5 Å². The number of thioether (sulfide) groups is 1. The standard InChI is InChI=1S/C19H21N3OS/c1-11-6-12(2)8-16(7-11)20-19-21-18(23)17(24-19)10-15-9-13(3)22(5)14(15)4/h6-10H,1-5H3,(H,20,21,23)/b17-10-. The monoisotopic (exact) mass is 339 g/mol. The van der Waals surface area contributed by atoms with Crippen molar-refractivity contribution < 1.29 is 4.79 Å². The van der Waals surface area contributed by atoms with Crippen LogP contribution in [-0.4, -0.2) is 15.6 Å². The summed E-state index contributed by atoms with van der Waals surface area (Å²) < 4.78 is 2.12. The van der Waals surface area contributed by atoms with E-state index in [1.54, 1.807) is 0 Å². The van der Waals surface area contributed by atoms with E-state index in [1.807, 2.05) is 39.1 Å². The highest BCUT2D eigenvalue weighted by Gasteiger charge is 2.24. The van der Waals surface area contributed by atoms with E-state index in [0.717, 1.165) is 28.1 Å². The summed E-state index contributed by atoms with van der Waals surface area (Å²) in [6.45, 7) is 8.21. The first-order valence-corrected chi connectivity index (χ1v) is 8.66. The van der Waals surface area contributed by atoms with Crippen molar-refractivity contribution in [1.82, 2.24) is 9.88 Å². The molecule has 1 N–H and O–H groups in total. The number of aryl methyl sites for hydroxylation is 3. The molecule has 5 heteroatoms. The van der Waals surface area contributed by atoms with Gasteiger partial charge >= 0.3 is 0 Å². The summed E-state index contributed by atoms with van der Waals surface area (Å²) >= 11 is 1.39. The Kier molecular flexibility index (Phi) is 4.37. The van der Waals surface area contributed by atoms with Crippen molar-refractivity contribution in [2.75, 3.05) is 0 Å². The van der Waals surface area contributed by atoms with Crippen LogP contribution in [0.3, 0.4) is 0 Å².